The molecular formula is C20H19N3O. The SMILES string of the molecule is CCc1ccccc1OCc1c(C#N)c(C)nn1-c1ccccc1. The molecule has 4 nitrogen and oxygen atoms in total. The minimum atomic E-state index is 0.301. The lowest BCUT2D eigenvalue weighted by Gasteiger charge is -2.12. The molecule has 0 aliphatic heterocycles. The molecule has 0 atom stereocenters. The van der Waals surface area contributed by atoms with Crippen LogP contribution in [0.2, 0.25) is 0 Å². The van der Waals surface area contributed by atoms with Crippen molar-refractivity contribution < 1.29 is 4.74 Å². The Bertz CT molecular complexity index is 876. The lowest BCUT2D eigenvalue weighted by Crippen LogP contribution is -2.07. The molecule has 0 radical (unpaired) electrons. The molecule has 3 aromatic rings. The highest BCUT2D eigenvalue weighted by molar-refractivity contribution is 5.43. The van der Waals surface area contributed by atoms with Crippen LogP contribution in [0.5, 0.6) is 5.75 Å². The zero-order valence-corrected chi connectivity index (χ0v) is 13.9. The Morgan fingerprint density at radius 1 is 1.08 bits per heavy atom. The van der Waals surface area contributed by atoms with Crippen LogP contribution in [0.15, 0.2) is 54.6 Å². The fourth-order valence-corrected chi connectivity index (χ4v) is 2.72. The molecule has 4 heteroatoms. The number of nitriles is 1. The van der Waals surface area contributed by atoms with Crippen molar-refractivity contribution in [3.63, 3.8) is 0 Å². The van der Waals surface area contributed by atoms with Crippen LogP contribution in [-0.4, -0.2) is 9.78 Å². The van der Waals surface area contributed by atoms with Gasteiger partial charge in [-0.2, -0.15) is 10.4 Å². The van der Waals surface area contributed by atoms with Gasteiger partial charge in [0.15, 0.2) is 0 Å². The maximum Gasteiger partial charge on any atom is 0.132 e. The molecule has 120 valence electrons. The monoisotopic (exact) mass is 317 g/mol. The lowest BCUT2D eigenvalue weighted by atomic mass is 10.1. The second-order valence-electron chi connectivity index (χ2n) is 5.52. The molecule has 0 N–H and O–H groups in total. The van der Waals surface area contributed by atoms with Gasteiger partial charge in [0.1, 0.15) is 24.0 Å². The standard InChI is InChI=1S/C20H19N3O/c1-3-16-9-7-8-12-20(16)24-14-19-18(13-21)15(2)22-23(19)17-10-5-4-6-11-17/h4-12H,3,14H2,1-2H3. The topological polar surface area (TPSA) is 50.8 Å². The van der Waals surface area contributed by atoms with E-state index in [1.54, 1.807) is 4.68 Å². The van der Waals surface area contributed by atoms with Gasteiger partial charge in [-0.25, -0.2) is 4.68 Å². The van der Waals surface area contributed by atoms with E-state index in [2.05, 4.69) is 24.2 Å². The number of aromatic nitrogens is 2. The zero-order chi connectivity index (χ0) is 16.9. The maximum atomic E-state index is 9.50. The van der Waals surface area contributed by atoms with E-state index >= 15 is 0 Å². The van der Waals surface area contributed by atoms with Crippen molar-refractivity contribution in [3.8, 4) is 17.5 Å². The Hall–Kier alpha value is -3.06. The highest BCUT2D eigenvalue weighted by atomic mass is 16.5. The van der Waals surface area contributed by atoms with E-state index in [9.17, 15) is 5.26 Å². The van der Waals surface area contributed by atoms with Crippen molar-refractivity contribution in [3.05, 3.63) is 77.1 Å². The van der Waals surface area contributed by atoms with Crippen molar-refractivity contribution in [2.24, 2.45) is 0 Å². The molecular weight excluding hydrogens is 298 g/mol. The molecule has 0 aliphatic carbocycles. The highest BCUT2D eigenvalue weighted by Crippen LogP contribution is 2.23. The predicted molar refractivity (Wildman–Crippen MR) is 93.2 cm³/mol. The van der Waals surface area contributed by atoms with Crippen LogP contribution in [0.1, 0.15) is 29.4 Å². The molecule has 0 bridgehead atoms. The highest BCUT2D eigenvalue weighted by Gasteiger charge is 2.17. The first-order chi connectivity index (χ1) is 11.7. The van der Waals surface area contributed by atoms with Gasteiger partial charge in [-0.3, -0.25) is 0 Å². The summed E-state index contributed by atoms with van der Waals surface area (Å²) in [5.74, 6) is 0.849. The third kappa shape index (κ3) is 3.02. The summed E-state index contributed by atoms with van der Waals surface area (Å²) < 4.78 is 7.81. The third-order valence-electron chi connectivity index (χ3n) is 3.99. The van der Waals surface area contributed by atoms with Crippen LogP contribution in [0.3, 0.4) is 0 Å². The van der Waals surface area contributed by atoms with E-state index in [0.717, 1.165) is 29.1 Å². The summed E-state index contributed by atoms with van der Waals surface area (Å²) in [6.45, 7) is 4.25. The summed E-state index contributed by atoms with van der Waals surface area (Å²) in [5, 5.41) is 14.0. The summed E-state index contributed by atoms with van der Waals surface area (Å²) in [7, 11) is 0. The second-order valence-corrected chi connectivity index (χ2v) is 5.52. The number of benzene rings is 2. The average Bonchev–Trinajstić information content (AvgIpc) is 2.96. The molecule has 2 aromatic carbocycles. The predicted octanol–water partition coefficient (Wildman–Crippen LogP) is 4.19. The van der Waals surface area contributed by atoms with Crippen molar-refractivity contribution in [2.75, 3.05) is 0 Å². The number of para-hydroxylation sites is 2. The molecule has 24 heavy (non-hydrogen) atoms. The molecule has 0 unspecified atom stereocenters. The van der Waals surface area contributed by atoms with Gasteiger partial charge in [-0.1, -0.05) is 43.3 Å². The molecule has 1 heterocycles. The first kappa shape index (κ1) is 15.8. The Balaban J connectivity index is 1.97. The fraction of sp³-hybridized carbons (Fsp3) is 0.200. The van der Waals surface area contributed by atoms with Gasteiger partial charge in [-0.05, 0) is 37.1 Å². The van der Waals surface area contributed by atoms with Gasteiger partial charge in [0, 0.05) is 0 Å². The number of hydrogen-bond acceptors (Lipinski definition) is 3. The van der Waals surface area contributed by atoms with Crippen LogP contribution in [0, 0.1) is 18.3 Å². The Morgan fingerprint density at radius 3 is 2.50 bits per heavy atom. The van der Waals surface area contributed by atoms with E-state index in [0.29, 0.717) is 17.9 Å². The Labute approximate surface area is 141 Å². The van der Waals surface area contributed by atoms with E-state index in [1.165, 1.54) is 0 Å². The molecule has 3 rings (SSSR count). The number of hydrogen-bond donors (Lipinski definition) is 0. The fourth-order valence-electron chi connectivity index (χ4n) is 2.72. The van der Waals surface area contributed by atoms with Crippen LogP contribution in [0.25, 0.3) is 5.69 Å². The minimum Gasteiger partial charge on any atom is -0.487 e. The van der Waals surface area contributed by atoms with E-state index in [4.69, 9.17) is 4.74 Å². The lowest BCUT2D eigenvalue weighted by molar-refractivity contribution is 0.294. The summed E-state index contributed by atoms with van der Waals surface area (Å²) in [6, 6.07) is 20.0. The van der Waals surface area contributed by atoms with Crippen molar-refractivity contribution in [1.82, 2.24) is 9.78 Å². The van der Waals surface area contributed by atoms with Gasteiger partial charge >= 0.3 is 0 Å². The molecule has 0 saturated carbocycles. The number of aryl methyl sites for hydroxylation is 2. The van der Waals surface area contributed by atoms with Crippen LogP contribution in [0.4, 0.5) is 0 Å². The van der Waals surface area contributed by atoms with Crippen LogP contribution >= 0.6 is 0 Å². The van der Waals surface area contributed by atoms with Gasteiger partial charge in [0.25, 0.3) is 0 Å². The minimum absolute atomic E-state index is 0.301. The maximum absolute atomic E-state index is 9.50. The Kier molecular flexibility index (Phi) is 4.62. The average molecular weight is 317 g/mol. The molecule has 0 fully saturated rings. The van der Waals surface area contributed by atoms with Crippen LogP contribution < -0.4 is 4.74 Å². The smallest absolute Gasteiger partial charge is 0.132 e. The Morgan fingerprint density at radius 2 is 1.79 bits per heavy atom. The number of nitrogens with zero attached hydrogens (tertiary/aromatic N) is 3. The van der Waals surface area contributed by atoms with Crippen LogP contribution in [-0.2, 0) is 13.0 Å². The zero-order valence-electron chi connectivity index (χ0n) is 13.9. The molecule has 0 aliphatic rings. The summed E-state index contributed by atoms with van der Waals surface area (Å²) >= 11 is 0. The first-order valence-electron chi connectivity index (χ1n) is 7.99. The van der Waals surface area contributed by atoms with Gasteiger partial charge in [0.2, 0.25) is 0 Å². The second kappa shape index (κ2) is 7.01. The normalized spacial score (nSPS) is 10.4. The van der Waals surface area contributed by atoms with E-state index in [1.807, 2.05) is 55.5 Å². The summed E-state index contributed by atoms with van der Waals surface area (Å²) in [4.78, 5) is 0. The molecule has 0 amide bonds. The molecule has 0 spiro atoms. The van der Waals surface area contributed by atoms with Crippen molar-refractivity contribution in [2.45, 2.75) is 26.9 Å². The van der Waals surface area contributed by atoms with E-state index in [-0.39, 0.29) is 0 Å². The van der Waals surface area contributed by atoms with Crippen molar-refractivity contribution >= 4 is 0 Å². The quantitative estimate of drug-likeness (QED) is 0.709. The van der Waals surface area contributed by atoms with Gasteiger partial charge < -0.3 is 4.74 Å². The van der Waals surface area contributed by atoms with E-state index < -0.39 is 0 Å². The largest absolute Gasteiger partial charge is 0.487 e. The van der Waals surface area contributed by atoms with Crippen molar-refractivity contribution in [1.29, 1.82) is 5.26 Å². The molecule has 0 saturated heterocycles. The molecule has 1 aromatic heterocycles. The third-order valence-corrected chi connectivity index (χ3v) is 3.99. The first-order valence-corrected chi connectivity index (χ1v) is 7.99. The number of ether oxygens (including phenoxy) is 1. The number of rotatable bonds is 5. The van der Waals surface area contributed by atoms with Gasteiger partial charge in [-0.15, -0.1) is 0 Å². The summed E-state index contributed by atoms with van der Waals surface area (Å²) in [5.41, 5.74) is 4.13. The summed E-state index contributed by atoms with van der Waals surface area (Å²) in [6.07, 6.45) is 0.901. The van der Waals surface area contributed by atoms with Gasteiger partial charge in [0.05, 0.1) is 17.1 Å².